The summed E-state index contributed by atoms with van der Waals surface area (Å²) in [6.07, 6.45) is 1.98. The van der Waals surface area contributed by atoms with Crippen molar-refractivity contribution < 1.29 is 14.7 Å². The molecule has 3 heterocycles. The lowest BCUT2D eigenvalue weighted by Gasteiger charge is -2.14. The second-order valence-corrected chi connectivity index (χ2v) is 7.79. The van der Waals surface area contributed by atoms with Crippen LogP contribution in [0.2, 0.25) is 0 Å². The number of hydrogen-bond acceptors (Lipinski definition) is 5. The van der Waals surface area contributed by atoms with Crippen molar-refractivity contribution >= 4 is 29.5 Å². The molecule has 1 aliphatic rings. The minimum Gasteiger partial charge on any atom is -0.478 e. The Balaban J connectivity index is 1.86. The SMILES string of the molecule is Cc1nn(C)cc1[C@@H]1SCC(=O)Nc2c1c(C)nn2-c1ccc(C(=O)O)cc1. The Kier molecular flexibility index (Phi) is 4.46. The highest BCUT2D eigenvalue weighted by molar-refractivity contribution is 8.00. The molecule has 0 saturated heterocycles. The quantitative estimate of drug-likeness (QED) is 0.705. The standard InChI is InChI=1S/C19H19N5O3S/c1-10-14(8-23(3)21-10)17-16-11(2)22-24(18(16)20-15(25)9-28-17)13-6-4-12(5-7-13)19(26)27/h4-8,17H,9H2,1-3H3,(H,20,25)(H,26,27)/t17-/m0/s1. The van der Waals surface area contributed by atoms with Gasteiger partial charge in [-0.1, -0.05) is 0 Å². The van der Waals surface area contributed by atoms with Crippen molar-refractivity contribution in [1.82, 2.24) is 19.6 Å². The van der Waals surface area contributed by atoms with E-state index in [4.69, 9.17) is 5.11 Å². The Labute approximate surface area is 165 Å². The summed E-state index contributed by atoms with van der Waals surface area (Å²) in [5, 5.41) is 21.1. The first-order valence-corrected chi connectivity index (χ1v) is 9.75. The number of amides is 1. The van der Waals surface area contributed by atoms with Crippen molar-refractivity contribution in [2.24, 2.45) is 7.05 Å². The van der Waals surface area contributed by atoms with E-state index in [1.165, 1.54) is 12.1 Å². The van der Waals surface area contributed by atoms with Crippen LogP contribution in [0.25, 0.3) is 5.69 Å². The second-order valence-electron chi connectivity index (χ2n) is 6.69. The van der Waals surface area contributed by atoms with Gasteiger partial charge in [0.25, 0.3) is 0 Å². The van der Waals surface area contributed by atoms with Crippen LogP contribution in [0.1, 0.15) is 38.1 Å². The average molecular weight is 397 g/mol. The van der Waals surface area contributed by atoms with Gasteiger partial charge in [-0.05, 0) is 38.1 Å². The first-order chi connectivity index (χ1) is 13.3. The predicted molar refractivity (Wildman–Crippen MR) is 106 cm³/mol. The molecule has 3 aromatic rings. The van der Waals surface area contributed by atoms with Crippen LogP contribution in [-0.2, 0) is 11.8 Å². The summed E-state index contributed by atoms with van der Waals surface area (Å²) < 4.78 is 3.44. The molecule has 0 fully saturated rings. The molecule has 0 bridgehead atoms. The fourth-order valence-electron chi connectivity index (χ4n) is 3.44. The maximum Gasteiger partial charge on any atom is 0.335 e. The smallest absolute Gasteiger partial charge is 0.335 e. The number of carboxylic acid groups (broad SMARTS) is 1. The van der Waals surface area contributed by atoms with Gasteiger partial charge in [0, 0.05) is 24.4 Å². The number of nitrogens with zero attached hydrogens (tertiary/aromatic N) is 4. The van der Waals surface area contributed by atoms with Crippen molar-refractivity contribution in [1.29, 1.82) is 0 Å². The lowest BCUT2D eigenvalue weighted by atomic mass is 10.1. The molecule has 144 valence electrons. The topological polar surface area (TPSA) is 102 Å². The van der Waals surface area contributed by atoms with Crippen LogP contribution in [-0.4, -0.2) is 42.3 Å². The fraction of sp³-hybridized carbons (Fsp3) is 0.263. The summed E-state index contributed by atoms with van der Waals surface area (Å²) >= 11 is 1.55. The van der Waals surface area contributed by atoms with Crippen molar-refractivity contribution in [3.63, 3.8) is 0 Å². The van der Waals surface area contributed by atoms with Gasteiger partial charge in [-0.3, -0.25) is 9.48 Å². The van der Waals surface area contributed by atoms with E-state index >= 15 is 0 Å². The number of benzene rings is 1. The maximum atomic E-state index is 12.4. The van der Waals surface area contributed by atoms with Crippen molar-refractivity contribution in [3.8, 4) is 5.69 Å². The van der Waals surface area contributed by atoms with E-state index in [2.05, 4.69) is 15.5 Å². The average Bonchev–Trinajstić information content (AvgIpc) is 3.08. The van der Waals surface area contributed by atoms with E-state index in [0.29, 0.717) is 17.3 Å². The number of carboxylic acids is 1. The number of carbonyl (C=O) groups is 2. The minimum absolute atomic E-state index is 0.0744. The van der Waals surface area contributed by atoms with Gasteiger partial charge >= 0.3 is 5.97 Å². The van der Waals surface area contributed by atoms with Crippen LogP contribution in [0.4, 0.5) is 5.82 Å². The van der Waals surface area contributed by atoms with E-state index in [9.17, 15) is 9.59 Å². The molecule has 1 atom stereocenters. The van der Waals surface area contributed by atoms with Crippen LogP contribution in [0.5, 0.6) is 0 Å². The molecule has 2 N–H and O–H groups in total. The number of anilines is 1. The number of aryl methyl sites for hydroxylation is 3. The van der Waals surface area contributed by atoms with E-state index < -0.39 is 5.97 Å². The zero-order valence-electron chi connectivity index (χ0n) is 15.6. The third kappa shape index (κ3) is 3.07. The lowest BCUT2D eigenvalue weighted by Crippen LogP contribution is -2.15. The molecular weight excluding hydrogens is 378 g/mol. The van der Waals surface area contributed by atoms with Gasteiger partial charge in [0.05, 0.1) is 33.6 Å². The highest BCUT2D eigenvalue weighted by atomic mass is 32.2. The minimum atomic E-state index is -0.987. The molecule has 9 heteroatoms. The van der Waals surface area contributed by atoms with E-state index in [-0.39, 0.29) is 16.7 Å². The molecular formula is C19H19N5O3S. The number of fused-ring (bicyclic) bond motifs is 1. The number of carbonyl (C=O) groups excluding carboxylic acids is 1. The second kappa shape index (κ2) is 6.83. The van der Waals surface area contributed by atoms with Crippen LogP contribution in [0.3, 0.4) is 0 Å². The predicted octanol–water partition coefficient (Wildman–Crippen LogP) is 2.70. The number of thioether (sulfide) groups is 1. The molecule has 1 aliphatic heterocycles. The Morgan fingerprint density at radius 1 is 1.21 bits per heavy atom. The zero-order valence-corrected chi connectivity index (χ0v) is 16.4. The molecule has 8 nitrogen and oxygen atoms in total. The van der Waals surface area contributed by atoms with Gasteiger partial charge in [0.1, 0.15) is 5.82 Å². The molecule has 28 heavy (non-hydrogen) atoms. The van der Waals surface area contributed by atoms with Gasteiger partial charge in [0.2, 0.25) is 5.91 Å². The molecule has 0 aliphatic carbocycles. The number of rotatable bonds is 3. The molecule has 0 unspecified atom stereocenters. The summed E-state index contributed by atoms with van der Waals surface area (Å²) in [5.74, 6) is -0.147. The van der Waals surface area contributed by atoms with Gasteiger partial charge in [-0.2, -0.15) is 10.2 Å². The monoisotopic (exact) mass is 397 g/mol. The van der Waals surface area contributed by atoms with Crippen LogP contribution < -0.4 is 5.32 Å². The van der Waals surface area contributed by atoms with Crippen LogP contribution in [0, 0.1) is 13.8 Å². The summed E-state index contributed by atoms with van der Waals surface area (Å²) in [6, 6.07) is 6.42. The Bertz CT molecular complexity index is 1080. The first-order valence-electron chi connectivity index (χ1n) is 8.70. The third-order valence-electron chi connectivity index (χ3n) is 4.70. The van der Waals surface area contributed by atoms with E-state index in [0.717, 1.165) is 22.5 Å². The number of aromatic nitrogens is 4. The molecule has 2 aromatic heterocycles. The highest BCUT2D eigenvalue weighted by Gasteiger charge is 2.32. The highest BCUT2D eigenvalue weighted by Crippen LogP contribution is 2.44. The number of aromatic carboxylic acids is 1. The Hall–Kier alpha value is -3.07. The number of hydrogen-bond donors (Lipinski definition) is 2. The summed E-state index contributed by atoms with van der Waals surface area (Å²) in [4.78, 5) is 23.5. The van der Waals surface area contributed by atoms with Gasteiger partial charge in [-0.25, -0.2) is 9.48 Å². The molecule has 0 saturated carbocycles. The zero-order chi connectivity index (χ0) is 20.0. The van der Waals surface area contributed by atoms with Crippen LogP contribution >= 0.6 is 11.8 Å². The van der Waals surface area contributed by atoms with E-state index in [1.807, 2.05) is 27.1 Å². The largest absolute Gasteiger partial charge is 0.478 e. The summed E-state index contributed by atoms with van der Waals surface area (Å²) in [5.41, 5.74) is 4.59. The van der Waals surface area contributed by atoms with Crippen LogP contribution in [0.15, 0.2) is 30.5 Å². The third-order valence-corrected chi connectivity index (χ3v) is 5.95. The Morgan fingerprint density at radius 3 is 2.54 bits per heavy atom. The van der Waals surface area contributed by atoms with Crippen molar-refractivity contribution in [2.45, 2.75) is 19.1 Å². The van der Waals surface area contributed by atoms with Crippen molar-refractivity contribution in [2.75, 3.05) is 11.1 Å². The molecule has 4 rings (SSSR count). The van der Waals surface area contributed by atoms with Crippen molar-refractivity contribution in [3.05, 3.63) is 58.5 Å². The normalized spacial score (nSPS) is 16.4. The summed E-state index contributed by atoms with van der Waals surface area (Å²) in [6.45, 7) is 3.87. The van der Waals surface area contributed by atoms with Gasteiger partial charge in [0.15, 0.2) is 0 Å². The van der Waals surface area contributed by atoms with Gasteiger partial charge < -0.3 is 10.4 Å². The molecule has 1 aromatic carbocycles. The van der Waals surface area contributed by atoms with E-state index in [1.54, 1.807) is 33.3 Å². The number of nitrogens with one attached hydrogen (secondary N) is 1. The Morgan fingerprint density at radius 2 is 1.93 bits per heavy atom. The molecule has 0 spiro atoms. The molecule has 0 radical (unpaired) electrons. The molecule has 1 amide bonds. The first kappa shape index (κ1) is 18.3. The maximum absolute atomic E-state index is 12.4. The fourth-order valence-corrected chi connectivity index (χ4v) is 4.69. The van der Waals surface area contributed by atoms with Gasteiger partial charge in [-0.15, -0.1) is 11.8 Å². The summed E-state index contributed by atoms with van der Waals surface area (Å²) in [7, 11) is 1.88. The lowest BCUT2D eigenvalue weighted by molar-refractivity contribution is -0.113.